The third kappa shape index (κ3) is 1.82. The van der Waals surface area contributed by atoms with Gasteiger partial charge in [-0.15, -0.1) is 0 Å². The summed E-state index contributed by atoms with van der Waals surface area (Å²) >= 11 is 0. The summed E-state index contributed by atoms with van der Waals surface area (Å²) in [6.07, 6.45) is 5.00. The molecule has 1 heterocycles. The molecule has 4 heteroatoms. The highest BCUT2D eigenvalue weighted by molar-refractivity contribution is 6.15. The molecule has 1 unspecified atom stereocenters. The van der Waals surface area contributed by atoms with Gasteiger partial charge in [0.25, 0.3) is 5.91 Å². The SMILES string of the molecule is O=C1C2CCCCCC2=NN1c1ccccc1F. The molecule has 1 aromatic rings. The molecule has 1 fully saturated rings. The molecule has 1 saturated carbocycles. The van der Waals surface area contributed by atoms with Crippen molar-refractivity contribution in [2.45, 2.75) is 32.1 Å². The van der Waals surface area contributed by atoms with E-state index in [-0.39, 0.29) is 17.5 Å². The maximum absolute atomic E-state index is 13.7. The maximum atomic E-state index is 13.7. The number of nitrogens with zero attached hydrogens (tertiary/aromatic N) is 2. The molecule has 1 aliphatic heterocycles. The molecule has 0 aromatic heterocycles. The maximum Gasteiger partial charge on any atom is 0.256 e. The summed E-state index contributed by atoms with van der Waals surface area (Å²) in [5.41, 5.74) is 1.20. The molecule has 0 spiro atoms. The summed E-state index contributed by atoms with van der Waals surface area (Å²) < 4.78 is 13.7. The quantitative estimate of drug-likeness (QED) is 0.749. The van der Waals surface area contributed by atoms with Gasteiger partial charge in [-0.1, -0.05) is 25.0 Å². The van der Waals surface area contributed by atoms with Gasteiger partial charge >= 0.3 is 0 Å². The molecule has 3 nitrogen and oxygen atoms in total. The number of halogens is 1. The molecule has 1 aromatic carbocycles. The van der Waals surface area contributed by atoms with Crippen LogP contribution in [-0.4, -0.2) is 11.6 Å². The van der Waals surface area contributed by atoms with Crippen molar-refractivity contribution < 1.29 is 9.18 Å². The molecule has 0 N–H and O–H groups in total. The van der Waals surface area contributed by atoms with E-state index in [1.807, 2.05) is 0 Å². The Morgan fingerprint density at radius 2 is 2.06 bits per heavy atom. The molecule has 94 valence electrons. The van der Waals surface area contributed by atoms with E-state index < -0.39 is 5.82 Å². The summed E-state index contributed by atoms with van der Waals surface area (Å²) in [7, 11) is 0. The fourth-order valence-corrected chi connectivity index (χ4v) is 2.68. The van der Waals surface area contributed by atoms with Gasteiger partial charge in [0.15, 0.2) is 0 Å². The van der Waals surface area contributed by atoms with Crippen molar-refractivity contribution in [1.82, 2.24) is 0 Å². The number of hydrogen-bond acceptors (Lipinski definition) is 2. The fourth-order valence-electron chi connectivity index (χ4n) is 2.68. The number of benzene rings is 1. The predicted octanol–water partition coefficient (Wildman–Crippen LogP) is 3.11. The fraction of sp³-hybridized carbons (Fsp3) is 0.429. The molecule has 2 aliphatic rings. The van der Waals surface area contributed by atoms with Crippen LogP contribution in [0.4, 0.5) is 10.1 Å². The lowest BCUT2D eigenvalue weighted by Gasteiger charge is -2.14. The predicted molar refractivity (Wildman–Crippen MR) is 67.9 cm³/mol. The van der Waals surface area contributed by atoms with E-state index in [0.717, 1.165) is 37.8 Å². The molecule has 0 bridgehead atoms. The summed E-state index contributed by atoms with van der Waals surface area (Å²) in [4.78, 5) is 12.3. The van der Waals surface area contributed by atoms with Gasteiger partial charge in [0.05, 0.1) is 11.6 Å². The van der Waals surface area contributed by atoms with Crippen LogP contribution < -0.4 is 5.01 Å². The normalized spacial score (nSPS) is 23.6. The number of anilines is 1. The van der Waals surface area contributed by atoms with Gasteiger partial charge in [-0.3, -0.25) is 4.79 Å². The molecule has 0 radical (unpaired) electrons. The van der Waals surface area contributed by atoms with Crippen molar-refractivity contribution in [1.29, 1.82) is 0 Å². The van der Waals surface area contributed by atoms with Crippen molar-refractivity contribution >= 4 is 17.3 Å². The number of hydrazone groups is 1. The molecule has 3 rings (SSSR count). The second-order valence-corrected chi connectivity index (χ2v) is 4.84. The van der Waals surface area contributed by atoms with Crippen LogP contribution in [0.15, 0.2) is 29.4 Å². The van der Waals surface area contributed by atoms with E-state index in [1.54, 1.807) is 18.2 Å². The molecule has 0 saturated heterocycles. The molecule has 1 aliphatic carbocycles. The number of rotatable bonds is 1. The minimum absolute atomic E-state index is 0.0722. The zero-order valence-corrected chi connectivity index (χ0v) is 10.1. The molecule has 18 heavy (non-hydrogen) atoms. The standard InChI is InChI=1S/C14H15FN2O/c15-11-7-4-5-9-13(11)17-14(18)10-6-2-1-3-8-12(10)16-17/h4-5,7,9-10H,1-3,6,8H2. The van der Waals surface area contributed by atoms with E-state index >= 15 is 0 Å². The Hall–Kier alpha value is -1.71. The zero-order chi connectivity index (χ0) is 12.5. The Morgan fingerprint density at radius 1 is 1.22 bits per heavy atom. The van der Waals surface area contributed by atoms with Gasteiger partial charge in [0.1, 0.15) is 11.5 Å². The Kier molecular flexibility index (Phi) is 2.86. The Bertz CT molecular complexity index is 512. The lowest BCUT2D eigenvalue weighted by molar-refractivity contribution is -0.119. The Labute approximate surface area is 105 Å². The van der Waals surface area contributed by atoms with Gasteiger partial charge in [-0.2, -0.15) is 10.1 Å². The van der Waals surface area contributed by atoms with Crippen LogP contribution in [0.5, 0.6) is 0 Å². The van der Waals surface area contributed by atoms with Crippen molar-refractivity contribution in [2.75, 3.05) is 5.01 Å². The van der Waals surface area contributed by atoms with Crippen LogP contribution in [0, 0.1) is 11.7 Å². The van der Waals surface area contributed by atoms with Gasteiger partial charge in [0.2, 0.25) is 0 Å². The first-order valence-corrected chi connectivity index (χ1v) is 6.43. The smallest absolute Gasteiger partial charge is 0.256 e. The summed E-state index contributed by atoms with van der Waals surface area (Å²) in [5, 5.41) is 5.59. The number of para-hydroxylation sites is 1. The van der Waals surface area contributed by atoms with E-state index in [9.17, 15) is 9.18 Å². The first kappa shape index (κ1) is 11.4. The number of hydrogen-bond donors (Lipinski definition) is 0. The lowest BCUT2D eigenvalue weighted by atomic mass is 9.98. The Morgan fingerprint density at radius 3 is 2.89 bits per heavy atom. The van der Waals surface area contributed by atoms with Crippen molar-refractivity contribution in [3.05, 3.63) is 30.1 Å². The second-order valence-electron chi connectivity index (χ2n) is 4.84. The van der Waals surface area contributed by atoms with E-state index in [0.29, 0.717) is 0 Å². The average molecular weight is 246 g/mol. The molecule has 1 atom stereocenters. The van der Waals surface area contributed by atoms with Gasteiger partial charge < -0.3 is 0 Å². The third-order valence-corrected chi connectivity index (χ3v) is 3.64. The zero-order valence-electron chi connectivity index (χ0n) is 10.1. The number of carbonyl (C=O) groups is 1. The van der Waals surface area contributed by atoms with Gasteiger partial charge in [-0.05, 0) is 31.4 Å². The van der Waals surface area contributed by atoms with E-state index in [2.05, 4.69) is 5.10 Å². The minimum atomic E-state index is -0.397. The summed E-state index contributed by atoms with van der Waals surface area (Å²) in [6, 6.07) is 6.30. The highest BCUT2D eigenvalue weighted by Crippen LogP contribution is 2.32. The summed E-state index contributed by atoms with van der Waals surface area (Å²) in [5.74, 6) is -0.587. The first-order valence-electron chi connectivity index (χ1n) is 6.43. The largest absolute Gasteiger partial charge is 0.272 e. The van der Waals surface area contributed by atoms with Crippen LogP contribution in [0.2, 0.25) is 0 Å². The van der Waals surface area contributed by atoms with Crippen LogP contribution in [-0.2, 0) is 4.79 Å². The minimum Gasteiger partial charge on any atom is -0.272 e. The first-order chi connectivity index (χ1) is 8.77. The molecule has 1 amide bonds. The van der Waals surface area contributed by atoms with E-state index in [4.69, 9.17) is 0 Å². The number of amides is 1. The summed E-state index contributed by atoms with van der Waals surface area (Å²) in [6.45, 7) is 0. The van der Waals surface area contributed by atoms with E-state index in [1.165, 1.54) is 11.1 Å². The second kappa shape index (κ2) is 4.52. The van der Waals surface area contributed by atoms with Crippen molar-refractivity contribution in [2.24, 2.45) is 11.0 Å². The average Bonchev–Trinajstić information content (AvgIpc) is 2.56. The van der Waals surface area contributed by atoms with Gasteiger partial charge in [0, 0.05) is 0 Å². The van der Waals surface area contributed by atoms with Gasteiger partial charge in [-0.25, -0.2) is 4.39 Å². The topological polar surface area (TPSA) is 32.7 Å². The third-order valence-electron chi connectivity index (χ3n) is 3.64. The highest BCUT2D eigenvalue weighted by atomic mass is 19.1. The van der Waals surface area contributed by atoms with Crippen LogP contribution in [0.3, 0.4) is 0 Å². The highest BCUT2D eigenvalue weighted by Gasteiger charge is 2.37. The molecular weight excluding hydrogens is 231 g/mol. The van der Waals surface area contributed by atoms with Crippen molar-refractivity contribution in [3.8, 4) is 0 Å². The lowest BCUT2D eigenvalue weighted by Crippen LogP contribution is -2.27. The van der Waals surface area contributed by atoms with Crippen LogP contribution in [0.25, 0.3) is 0 Å². The van der Waals surface area contributed by atoms with Crippen molar-refractivity contribution in [3.63, 3.8) is 0 Å². The Balaban J connectivity index is 1.95. The van der Waals surface area contributed by atoms with Crippen LogP contribution in [0.1, 0.15) is 32.1 Å². The number of carbonyl (C=O) groups excluding carboxylic acids is 1. The molecular formula is C14H15FN2O. The monoisotopic (exact) mass is 246 g/mol. The van der Waals surface area contributed by atoms with Crippen LogP contribution >= 0.6 is 0 Å². The number of fused-ring (bicyclic) bond motifs is 1.